The number of Topliss-reactive ketones (excluding diaryl/α,β-unsaturated/α-hetero) is 1. The summed E-state index contributed by atoms with van der Waals surface area (Å²) < 4.78 is 0. The molecule has 1 aliphatic carbocycles. The van der Waals surface area contributed by atoms with Crippen molar-refractivity contribution in [2.24, 2.45) is 5.92 Å². The molecule has 1 aliphatic rings. The number of unbranched alkanes of at least 4 members (excludes halogenated alkanes) is 8. The minimum atomic E-state index is 0.537. The summed E-state index contributed by atoms with van der Waals surface area (Å²) in [4.78, 5) is 11.8. The molecule has 0 atom stereocenters. The van der Waals surface area contributed by atoms with Crippen LogP contribution >= 0.6 is 0 Å². The van der Waals surface area contributed by atoms with Crippen molar-refractivity contribution in [3.8, 4) is 0 Å². The quantitative estimate of drug-likeness (QED) is 0.393. The average Bonchev–Trinajstić information content (AvgIpc) is 2.89. The zero-order valence-corrected chi connectivity index (χ0v) is 13.1. The van der Waals surface area contributed by atoms with Crippen LogP contribution in [-0.4, -0.2) is 5.78 Å². The Hall–Kier alpha value is -0.330. The zero-order valence-electron chi connectivity index (χ0n) is 13.1. The van der Waals surface area contributed by atoms with Gasteiger partial charge in [0.25, 0.3) is 0 Å². The van der Waals surface area contributed by atoms with Gasteiger partial charge in [0, 0.05) is 12.8 Å². The molecular weight excluding hydrogens is 232 g/mol. The lowest BCUT2D eigenvalue weighted by molar-refractivity contribution is -0.120. The Bertz CT molecular complexity index is 216. The molecule has 0 aliphatic heterocycles. The van der Waals surface area contributed by atoms with E-state index in [1.54, 1.807) is 0 Å². The monoisotopic (exact) mass is 266 g/mol. The van der Waals surface area contributed by atoms with Crippen LogP contribution in [0.25, 0.3) is 0 Å². The summed E-state index contributed by atoms with van der Waals surface area (Å²) >= 11 is 0. The summed E-state index contributed by atoms with van der Waals surface area (Å²) in [6.07, 6.45) is 19.1. The first-order chi connectivity index (χ1) is 9.33. The van der Waals surface area contributed by atoms with E-state index in [2.05, 4.69) is 6.92 Å². The lowest BCUT2D eigenvalue weighted by Crippen LogP contribution is -2.04. The van der Waals surface area contributed by atoms with Gasteiger partial charge in [-0.3, -0.25) is 4.79 Å². The van der Waals surface area contributed by atoms with Gasteiger partial charge in [-0.2, -0.15) is 0 Å². The van der Waals surface area contributed by atoms with Crippen molar-refractivity contribution < 1.29 is 4.79 Å². The molecule has 1 nitrogen and oxygen atoms in total. The van der Waals surface area contributed by atoms with Gasteiger partial charge in [0.15, 0.2) is 0 Å². The molecule has 112 valence electrons. The molecule has 0 bridgehead atoms. The second-order valence-corrected chi connectivity index (χ2v) is 6.47. The SMILES string of the molecule is CCCCCCCCCCCC(=O)CC1CCCC1. The lowest BCUT2D eigenvalue weighted by atomic mass is 9.97. The molecule has 0 N–H and O–H groups in total. The molecule has 0 saturated heterocycles. The highest BCUT2D eigenvalue weighted by atomic mass is 16.1. The Labute approximate surface area is 120 Å². The number of ketones is 1. The normalized spacial score (nSPS) is 16.1. The third-order valence-electron chi connectivity index (χ3n) is 4.55. The topological polar surface area (TPSA) is 17.1 Å². The van der Waals surface area contributed by atoms with Crippen molar-refractivity contribution >= 4 is 5.78 Å². The predicted molar refractivity (Wildman–Crippen MR) is 83.4 cm³/mol. The maximum absolute atomic E-state index is 11.8. The first-order valence-electron chi connectivity index (χ1n) is 8.84. The standard InChI is InChI=1S/C18H34O/c1-2-3-4-5-6-7-8-9-10-15-18(19)16-17-13-11-12-14-17/h17H,2-16H2,1H3. The number of carbonyl (C=O) groups is 1. The molecule has 0 amide bonds. The molecule has 0 unspecified atom stereocenters. The van der Waals surface area contributed by atoms with Crippen molar-refractivity contribution in [3.63, 3.8) is 0 Å². The molecule has 1 fully saturated rings. The second kappa shape index (κ2) is 11.5. The molecule has 1 heteroatoms. The van der Waals surface area contributed by atoms with Crippen LogP contribution < -0.4 is 0 Å². The first-order valence-corrected chi connectivity index (χ1v) is 8.84. The van der Waals surface area contributed by atoms with Gasteiger partial charge in [-0.25, -0.2) is 0 Å². The summed E-state index contributed by atoms with van der Waals surface area (Å²) in [5.74, 6) is 1.28. The van der Waals surface area contributed by atoms with Crippen molar-refractivity contribution in [1.29, 1.82) is 0 Å². The molecule has 0 aromatic rings. The van der Waals surface area contributed by atoms with E-state index in [0.29, 0.717) is 5.78 Å². The van der Waals surface area contributed by atoms with Gasteiger partial charge in [-0.15, -0.1) is 0 Å². The van der Waals surface area contributed by atoms with E-state index in [1.807, 2.05) is 0 Å². The number of rotatable bonds is 12. The van der Waals surface area contributed by atoms with Crippen molar-refractivity contribution in [2.75, 3.05) is 0 Å². The largest absolute Gasteiger partial charge is 0.300 e. The second-order valence-electron chi connectivity index (χ2n) is 6.47. The van der Waals surface area contributed by atoms with E-state index in [9.17, 15) is 4.79 Å². The highest BCUT2D eigenvalue weighted by molar-refractivity contribution is 5.78. The predicted octanol–water partition coefficient (Wildman–Crippen LogP) is 6.06. The summed E-state index contributed by atoms with van der Waals surface area (Å²) in [6.45, 7) is 2.27. The van der Waals surface area contributed by atoms with Gasteiger partial charge in [0.2, 0.25) is 0 Å². The highest BCUT2D eigenvalue weighted by Gasteiger charge is 2.17. The Balaban J connectivity index is 1.80. The van der Waals surface area contributed by atoms with Gasteiger partial charge in [-0.05, 0) is 12.3 Å². The van der Waals surface area contributed by atoms with Crippen LogP contribution in [0.15, 0.2) is 0 Å². The van der Waals surface area contributed by atoms with Crippen LogP contribution in [0.5, 0.6) is 0 Å². The highest BCUT2D eigenvalue weighted by Crippen LogP contribution is 2.28. The Morgan fingerprint density at radius 1 is 0.842 bits per heavy atom. The van der Waals surface area contributed by atoms with Crippen LogP contribution in [0, 0.1) is 5.92 Å². The summed E-state index contributed by atoms with van der Waals surface area (Å²) in [6, 6.07) is 0. The van der Waals surface area contributed by atoms with Crippen LogP contribution in [0.3, 0.4) is 0 Å². The molecule has 0 aromatic heterocycles. The van der Waals surface area contributed by atoms with E-state index in [0.717, 1.165) is 25.2 Å². The van der Waals surface area contributed by atoms with Crippen LogP contribution in [0.4, 0.5) is 0 Å². The van der Waals surface area contributed by atoms with Crippen molar-refractivity contribution in [3.05, 3.63) is 0 Å². The molecule has 0 heterocycles. The summed E-state index contributed by atoms with van der Waals surface area (Å²) in [5.41, 5.74) is 0. The van der Waals surface area contributed by atoms with E-state index in [1.165, 1.54) is 77.0 Å². The molecular formula is C18H34O. The van der Waals surface area contributed by atoms with Gasteiger partial charge in [0.05, 0.1) is 0 Å². The summed E-state index contributed by atoms with van der Waals surface area (Å²) in [5, 5.41) is 0. The maximum atomic E-state index is 11.8. The average molecular weight is 266 g/mol. The Morgan fingerprint density at radius 2 is 1.37 bits per heavy atom. The molecule has 0 spiro atoms. The summed E-state index contributed by atoms with van der Waals surface area (Å²) in [7, 11) is 0. The third-order valence-corrected chi connectivity index (χ3v) is 4.55. The number of hydrogen-bond donors (Lipinski definition) is 0. The lowest BCUT2D eigenvalue weighted by Gasteiger charge is -2.07. The van der Waals surface area contributed by atoms with Crippen LogP contribution in [0.2, 0.25) is 0 Å². The Kier molecular flexibility index (Phi) is 10.1. The molecule has 19 heavy (non-hydrogen) atoms. The smallest absolute Gasteiger partial charge is 0.133 e. The van der Waals surface area contributed by atoms with Crippen LogP contribution in [-0.2, 0) is 4.79 Å². The van der Waals surface area contributed by atoms with Gasteiger partial charge >= 0.3 is 0 Å². The molecule has 1 saturated carbocycles. The zero-order chi connectivity index (χ0) is 13.8. The minimum Gasteiger partial charge on any atom is -0.300 e. The van der Waals surface area contributed by atoms with E-state index >= 15 is 0 Å². The fraction of sp³-hybridized carbons (Fsp3) is 0.944. The van der Waals surface area contributed by atoms with Gasteiger partial charge < -0.3 is 0 Å². The fourth-order valence-electron chi connectivity index (χ4n) is 3.27. The number of hydrogen-bond acceptors (Lipinski definition) is 1. The van der Waals surface area contributed by atoms with E-state index in [-0.39, 0.29) is 0 Å². The number of carbonyl (C=O) groups excluding carboxylic acids is 1. The van der Waals surface area contributed by atoms with E-state index in [4.69, 9.17) is 0 Å². The molecule has 0 radical (unpaired) electrons. The molecule has 0 aromatic carbocycles. The van der Waals surface area contributed by atoms with Crippen molar-refractivity contribution in [1.82, 2.24) is 0 Å². The van der Waals surface area contributed by atoms with Gasteiger partial charge in [-0.1, -0.05) is 84.0 Å². The minimum absolute atomic E-state index is 0.537. The Morgan fingerprint density at radius 3 is 1.95 bits per heavy atom. The third kappa shape index (κ3) is 9.24. The van der Waals surface area contributed by atoms with E-state index < -0.39 is 0 Å². The maximum Gasteiger partial charge on any atom is 0.133 e. The fourth-order valence-corrected chi connectivity index (χ4v) is 3.27. The van der Waals surface area contributed by atoms with Crippen LogP contribution in [0.1, 0.15) is 103 Å². The van der Waals surface area contributed by atoms with Gasteiger partial charge in [0.1, 0.15) is 5.78 Å². The molecule has 1 rings (SSSR count). The van der Waals surface area contributed by atoms with Crippen molar-refractivity contribution in [2.45, 2.75) is 103 Å². The first kappa shape index (κ1) is 16.7.